The van der Waals surface area contributed by atoms with Crippen molar-refractivity contribution >= 4 is 40.3 Å². The largest absolute Gasteiger partial charge is 0.493 e. The maximum Gasteiger partial charge on any atom is 0.266 e. The zero-order chi connectivity index (χ0) is 15.4. The molecule has 112 valence electrons. The number of ether oxygens (including phenoxy) is 1. The Balaban J connectivity index is 2.26. The standard InChI is InChI=1S/C16H19NO2S2/c1-4-19-13-8-6-5-7-12(13)9-14-15(18)17(10-11(2)3)16(20)21-14/h5-9,11H,4,10H2,1-3H3/b14-9-. The molecule has 0 bridgehead atoms. The summed E-state index contributed by atoms with van der Waals surface area (Å²) in [4.78, 5) is 14.8. The van der Waals surface area contributed by atoms with Crippen LogP contribution in [-0.2, 0) is 4.79 Å². The minimum Gasteiger partial charge on any atom is -0.493 e. The molecule has 0 saturated carbocycles. The molecular weight excluding hydrogens is 302 g/mol. The van der Waals surface area contributed by atoms with Gasteiger partial charge in [0.2, 0.25) is 0 Å². The van der Waals surface area contributed by atoms with Crippen molar-refractivity contribution < 1.29 is 9.53 Å². The van der Waals surface area contributed by atoms with Crippen LogP contribution < -0.4 is 4.74 Å². The highest BCUT2D eigenvalue weighted by Gasteiger charge is 2.32. The first-order valence-corrected chi connectivity index (χ1v) is 8.22. The van der Waals surface area contributed by atoms with E-state index in [0.29, 0.717) is 28.3 Å². The normalized spacial score (nSPS) is 17.1. The maximum absolute atomic E-state index is 12.4. The molecule has 1 aliphatic heterocycles. The van der Waals surface area contributed by atoms with E-state index in [1.165, 1.54) is 11.8 Å². The van der Waals surface area contributed by atoms with Gasteiger partial charge in [0.15, 0.2) is 0 Å². The summed E-state index contributed by atoms with van der Waals surface area (Å²) in [6.45, 7) is 7.35. The Morgan fingerprint density at radius 2 is 2.10 bits per heavy atom. The number of hydrogen-bond donors (Lipinski definition) is 0. The van der Waals surface area contributed by atoms with Crippen LogP contribution in [0.4, 0.5) is 0 Å². The number of hydrogen-bond acceptors (Lipinski definition) is 4. The number of thioether (sulfide) groups is 1. The molecule has 0 atom stereocenters. The van der Waals surface area contributed by atoms with Crippen molar-refractivity contribution in [2.75, 3.05) is 13.2 Å². The van der Waals surface area contributed by atoms with Crippen molar-refractivity contribution in [3.63, 3.8) is 0 Å². The molecule has 3 nitrogen and oxygen atoms in total. The van der Waals surface area contributed by atoms with Crippen molar-refractivity contribution in [3.05, 3.63) is 34.7 Å². The highest BCUT2D eigenvalue weighted by Crippen LogP contribution is 2.34. The van der Waals surface area contributed by atoms with Gasteiger partial charge in [0.1, 0.15) is 10.1 Å². The minimum absolute atomic E-state index is 0.00926. The van der Waals surface area contributed by atoms with Gasteiger partial charge < -0.3 is 4.74 Å². The molecule has 0 N–H and O–H groups in total. The zero-order valence-electron chi connectivity index (χ0n) is 12.5. The number of thiocarbonyl (C=S) groups is 1. The third-order valence-electron chi connectivity index (χ3n) is 2.93. The molecular formula is C16H19NO2S2. The Bertz CT molecular complexity index is 581. The van der Waals surface area contributed by atoms with Crippen LogP contribution in [0.25, 0.3) is 6.08 Å². The van der Waals surface area contributed by atoms with Crippen LogP contribution in [0.15, 0.2) is 29.2 Å². The van der Waals surface area contributed by atoms with E-state index < -0.39 is 0 Å². The molecule has 0 unspecified atom stereocenters. The molecule has 0 spiro atoms. The van der Waals surface area contributed by atoms with Crippen LogP contribution in [-0.4, -0.2) is 28.3 Å². The van der Waals surface area contributed by atoms with E-state index in [9.17, 15) is 4.79 Å². The average Bonchev–Trinajstić information content (AvgIpc) is 2.69. The lowest BCUT2D eigenvalue weighted by atomic mass is 10.1. The molecule has 0 radical (unpaired) electrons. The first kappa shape index (κ1) is 16.0. The Kier molecular flexibility index (Phi) is 5.42. The third kappa shape index (κ3) is 3.86. The van der Waals surface area contributed by atoms with E-state index in [1.807, 2.05) is 37.3 Å². The average molecular weight is 321 g/mol. The molecule has 2 rings (SSSR count). The highest BCUT2D eigenvalue weighted by atomic mass is 32.2. The molecule has 0 aromatic heterocycles. The van der Waals surface area contributed by atoms with Gasteiger partial charge in [-0.15, -0.1) is 0 Å². The topological polar surface area (TPSA) is 29.5 Å². The van der Waals surface area contributed by atoms with E-state index in [0.717, 1.165) is 11.3 Å². The number of benzene rings is 1. The molecule has 1 amide bonds. The van der Waals surface area contributed by atoms with Gasteiger partial charge in [0, 0.05) is 12.1 Å². The number of carbonyl (C=O) groups excluding carboxylic acids is 1. The predicted octanol–water partition coefficient (Wildman–Crippen LogP) is 3.94. The van der Waals surface area contributed by atoms with Gasteiger partial charge in [-0.1, -0.05) is 56.0 Å². The fraction of sp³-hybridized carbons (Fsp3) is 0.375. The van der Waals surface area contributed by atoms with Crippen LogP contribution in [0.3, 0.4) is 0 Å². The lowest BCUT2D eigenvalue weighted by Gasteiger charge is -2.16. The Labute approximate surface area is 135 Å². The van der Waals surface area contributed by atoms with Crippen molar-refractivity contribution in [3.8, 4) is 5.75 Å². The summed E-state index contributed by atoms with van der Waals surface area (Å²) in [7, 11) is 0. The second kappa shape index (κ2) is 7.09. The van der Waals surface area contributed by atoms with Gasteiger partial charge in [-0.25, -0.2) is 0 Å². The van der Waals surface area contributed by atoms with E-state index >= 15 is 0 Å². The number of para-hydroxylation sites is 1. The van der Waals surface area contributed by atoms with Crippen LogP contribution in [0.2, 0.25) is 0 Å². The number of rotatable bonds is 5. The first-order chi connectivity index (χ1) is 10.0. The van der Waals surface area contributed by atoms with E-state index in [4.69, 9.17) is 17.0 Å². The van der Waals surface area contributed by atoms with Crippen molar-refractivity contribution in [1.29, 1.82) is 0 Å². The molecule has 0 aliphatic carbocycles. The first-order valence-electron chi connectivity index (χ1n) is 7.00. The van der Waals surface area contributed by atoms with Gasteiger partial charge in [-0.05, 0) is 25.0 Å². The highest BCUT2D eigenvalue weighted by molar-refractivity contribution is 8.26. The quantitative estimate of drug-likeness (QED) is 0.607. The fourth-order valence-electron chi connectivity index (χ4n) is 2.05. The van der Waals surface area contributed by atoms with Gasteiger partial charge in [-0.2, -0.15) is 0 Å². The Hall–Kier alpha value is -1.33. The zero-order valence-corrected chi connectivity index (χ0v) is 14.1. The number of nitrogens with zero attached hydrogens (tertiary/aromatic N) is 1. The van der Waals surface area contributed by atoms with Crippen molar-refractivity contribution in [1.82, 2.24) is 4.90 Å². The smallest absolute Gasteiger partial charge is 0.266 e. The SMILES string of the molecule is CCOc1ccccc1/C=C1\SC(=S)N(CC(C)C)C1=O. The minimum atomic E-state index is -0.00926. The van der Waals surface area contributed by atoms with Gasteiger partial charge in [-0.3, -0.25) is 9.69 Å². The number of carbonyl (C=O) groups is 1. The monoisotopic (exact) mass is 321 g/mol. The maximum atomic E-state index is 12.4. The van der Waals surface area contributed by atoms with Gasteiger partial charge >= 0.3 is 0 Å². The second-order valence-electron chi connectivity index (χ2n) is 5.16. The summed E-state index contributed by atoms with van der Waals surface area (Å²) in [5.74, 6) is 1.17. The van der Waals surface area contributed by atoms with Crippen molar-refractivity contribution in [2.45, 2.75) is 20.8 Å². The molecule has 1 saturated heterocycles. The Morgan fingerprint density at radius 3 is 2.76 bits per heavy atom. The molecule has 21 heavy (non-hydrogen) atoms. The lowest BCUT2D eigenvalue weighted by Crippen LogP contribution is -2.31. The summed E-state index contributed by atoms with van der Waals surface area (Å²) in [5.41, 5.74) is 0.907. The summed E-state index contributed by atoms with van der Waals surface area (Å²) in [5, 5.41) is 0. The van der Waals surface area contributed by atoms with Gasteiger partial charge in [0.25, 0.3) is 5.91 Å². The van der Waals surface area contributed by atoms with Crippen LogP contribution in [0, 0.1) is 5.92 Å². The summed E-state index contributed by atoms with van der Waals surface area (Å²) in [6.07, 6.45) is 1.87. The third-order valence-corrected chi connectivity index (χ3v) is 4.30. The van der Waals surface area contributed by atoms with E-state index in [-0.39, 0.29) is 5.91 Å². The Morgan fingerprint density at radius 1 is 1.38 bits per heavy atom. The lowest BCUT2D eigenvalue weighted by molar-refractivity contribution is -0.122. The molecule has 1 heterocycles. The fourth-order valence-corrected chi connectivity index (χ4v) is 3.32. The molecule has 5 heteroatoms. The summed E-state index contributed by atoms with van der Waals surface area (Å²) in [6, 6.07) is 7.71. The predicted molar refractivity (Wildman–Crippen MR) is 92.3 cm³/mol. The summed E-state index contributed by atoms with van der Waals surface area (Å²) < 4.78 is 6.22. The van der Waals surface area contributed by atoms with E-state index in [2.05, 4.69) is 13.8 Å². The second-order valence-corrected chi connectivity index (χ2v) is 6.83. The van der Waals surface area contributed by atoms with E-state index in [1.54, 1.807) is 4.90 Å². The number of amides is 1. The van der Waals surface area contributed by atoms with Gasteiger partial charge in [0.05, 0.1) is 11.5 Å². The molecule has 1 aromatic carbocycles. The molecule has 1 aliphatic rings. The molecule has 1 aromatic rings. The van der Waals surface area contributed by atoms with Crippen LogP contribution in [0.5, 0.6) is 5.75 Å². The molecule has 1 fully saturated rings. The van der Waals surface area contributed by atoms with Crippen LogP contribution in [0.1, 0.15) is 26.3 Å². The summed E-state index contributed by atoms with van der Waals surface area (Å²) >= 11 is 6.67. The van der Waals surface area contributed by atoms with Crippen LogP contribution >= 0.6 is 24.0 Å². The van der Waals surface area contributed by atoms with Crippen molar-refractivity contribution in [2.24, 2.45) is 5.92 Å².